The lowest BCUT2D eigenvalue weighted by molar-refractivity contribution is 1.29. The van der Waals surface area contributed by atoms with Gasteiger partial charge in [-0.05, 0) is 98.4 Å². The van der Waals surface area contributed by atoms with Crippen LogP contribution in [0.25, 0.3) is 64.0 Å². The van der Waals surface area contributed by atoms with Crippen molar-refractivity contribution in [2.75, 3.05) is 4.90 Å². The van der Waals surface area contributed by atoms with Crippen LogP contribution < -0.4 is 4.90 Å². The van der Waals surface area contributed by atoms with Gasteiger partial charge in [-0.15, -0.1) is 11.3 Å². The smallest absolute Gasteiger partial charge is 0.0468 e. The second kappa shape index (κ2) is 11.0. The molecule has 1 heterocycles. The van der Waals surface area contributed by atoms with Gasteiger partial charge in [0.1, 0.15) is 0 Å². The molecule has 0 fully saturated rings. The molecule has 0 spiro atoms. The topological polar surface area (TPSA) is 3.24 Å². The third kappa shape index (κ3) is 4.63. The zero-order chi connectivity index (χ0) is 30.5. The molecule has 0 saturated heterocycles. The van der Waals surface area contributed by atoms with E-state index >= 15 is 0 Å². The Balaban J connectivity index is 1.23. The van der Waals surface area contributed by atoms with Gasteiger partial charge in [0.15, 0.2) is 0 Å². The zero-order valence-electron chi connectivity index (χ0n) is 25.1. The lowest BCUT2D eigenvalue weighted by atomic mass is 9.99. The van der Waals surface area contributed by atoms with E-state index in [9.17, 15) is 0 Å². The van der Waals surface area contributed by atoms with Gasteiger partial charge in [0, 0.05) is 37.2 Å². The minimum absolute atomic E-state index is 1.12. The van der Waals surface area contributed by atoms with Crippen molar-refractivity contribution in [1.29, 1.82) is 0 Å². The van der Waals surface area contributed by atoms with Crippen molar-refractivity contribution in [2.24, 2.45) is 0 Å². The molecule has 1 aromatic heterocycles. The SMILES string of the molecule is c1ccc(-c2ccc(N(c3cccc(-c4ccc5ccccc5c4)c3)c3ccc4ccc5sc6ccccc6c5c4c3)cc2)cc1. The van der Waals surface area contributed by atoms with E-state index in [0.29, 0.717) is 0 Å². The lowest BCUT2D eigenvalue weighted by Gasteiger charge is -2.27. The fourth-order valence-electron chi connectivity index (χ4n) is 6.74. The van der Waals surface area contributed by atoms with Gasteiger partial charge in [-0.3, -0.25) is 0 Å². The summed E-state index contributed by atoms with van der Waals surface area (Å²) >= 11 is 1.87. The Morgan fingerprint density at radius 2 is 0.957 bits per heavy atom. The fourth-order valence-corrected chi connectivity index (χ4v) is 7.87. The fraction of sp³-hybridized carbons (Fsp3) is 0. The standard InChI is InChI=1S/C44H29NS/c1-2-9-30(10-3-1)32-19-23-37(24-20-32)45(38-14-8-13-35(28-38)36-18-17-31-11-4-5-12-34(31)27-36)39-25-21-33-22-26-43-44(41(33)29-39)40-15-6-7-16-42(40)46-43/h1-29H. The van der Waals surface area contributed by atoms with Gasteiger partial charge in [0.05, 0.1) is 0 Å². The van der Waals surface area contributed by atoms with Crippen molar-refractivity contribution < 1.29 is 0 Å². The van der Waals surface area contributed by atoms with E-state index in [1.807, 2.05) is 11.3 Å². The second-order valence-electron chi connectivity index (χ2n) is 11.8. The number of hydrogen-bond donors (Lipinski definition) is 0. The Kier molecular flexibility index (Phi) is 6.40. The summed E-state index contributed by atoms with van der Waals surface area (Å²) in [6.07, 6.45) is 0. The van der Waals surface area contributed by atoms with E-state index in [-0.39, 0.29) is 0 Å². The highest BCUT2D eigenvalue weighted by molar-refractivity contribution is 7.26. The van der Waals surface area contributed by atoms with Gasteiger partial charge in [-0.25, -0.2) is 0 Å². The Morgan fingerprint density at radius 1 is 0.326 bits per heavy atom. The van der Waals surface area contributed by atoms with Crippen molar-refractivity contribution in [3.05, 3.63) is 176 Å². The van der Waals surface area contributed by atoms with Gasteiger partial charge in [0.2, 0.25) is 0 Å². The Bertz CT molecular complexity index is 2530. The number of anilines is 3. The van der Waals surface area contributed by atoms with Gasteiger partial charge in [0.25, 0.3) is 0 Å². The van der Waals surface area contributed by atoms with Gasteiger partial charge >= 0.3 is 0 Å². The Morgan fingerprint density at radius 3 is 1.85 bits per heavy atom. The maximum absolute atomic E-state index is 2.39. The quantitative estimate of drug-likeness (QED) is 0.189. The number of thiophene rings is 1. The normalized spacial score (nSPS) is 11.5. The predicted molar refractivity (Wildman–Crippen MR) is 200 cm³/mol. The lowest BCUT2D eigenvalue weighted by Crippen LogP contribution is -2.10. The van der Waals surface area contributed by atoms with Crippen LogP contribution in [0.4, 0.5) is 17.1 Å². The average Bonchev–Trinajstić information content (AvgIpc) is 3.52. The summed E-state index contributed by atoms with van der Waals surface area (Å²) in [7, 11) is 0. The van der Waals surface area contributed by atoms with Crippen molar-refractivity contribution >= 4 is 70.1 Å². The molecule has 216 valence electrons. The maximum atomic E-state index is 2.39. The van der Waals surface area contributed by atoms with Crippen LogP contribution in [0, 0.1) is 0 Å². The summed E-state index contributed by atoms with van der Waals surface area (Å²) in [5, 5.41) is 7.70. The van der Waals surface area contributed by atoms with E-state index in [1.54, 1.807) is 0 Å². The van der Waals surface area contributed by atoms with Crippen LogP contribution in [0.15, 0.2) is 176 Å². The number of benzene rings is 8. The van der Waals surface area contributed by atoms with Gasteiger partial charge in [-0.1, -0.05) is 121 Å². The van der Waals surface area contributed by atoms with Crippen LogP contribution in [0.3, 0.4) is 0 Å². The van der Waals surface area contributed by atoms with Gasteiger partial charge in [-0.2, -0.15) is 0 Å². The molecule has 0 N–H and O–H groups in total. The third-order valence-electron chi connectivity index (χ3n) is 9.02. The Hall–Kier alpha value is -5.70. The molecule has 9 rings (SSSR count). The summed E-state index contributed by atoms with van der Waals surface area (Å²) in [6.45, 7) is 0. The summed E-state index contributed by atoms with van der Waals surface area (Å²) in [5.74, 6) is 0. The monoisotopic (exact) mass is 603 g/mol. The highest BCUT2D eigenvalue weighted by Gasteiger charge is 2.16. The van der Waals surface area contributed by atoms with Crippen molar-refractivity contribution in [1.82, 2.24) is 0 Å². The molecular formula is C44H29NS. The molecule has 0 atom stereocenters. The molecule has 0 bridgehead atoms. The number of fused-ring (bicyclic) bond motifs is 6. The molecule has 1 nitrogen and oxygen atoms in total. The molecule has 9 aromatic rings. The zero-order valence-corrected chi connectivity index (χ0v) is 25.9. The van der Waals surface area contributed by atoms with Crippen molar-refractivity contribution in [3.63, 3.8) is 0 Å². The summed E-state index contributed by atoms with van der Waals surface area (Å²) in [5.41, 5.74) is 8.22. The molecule has 0 unspecified atom stereocenters. The molecule has 0 saturated carbocycles. The average molecular weight is 604 g/mol. The molecule has 8 aromatic carbocycles. The third-order valence-corrected chi connectivity index (χ3v) is 10.2. The van der Waals surface area contributed by atoms with E-state index < -0.39 is 0 Å². The number of rotatable bonds is 5. The van der Waals surface area contributed by atoms with E-state index in [4.69, 9.17) is 0 Å². The van der Waals surface area contributed by atoms with Gasteiger partial charge < -0.3 is 4.90 Å². The number of hydrogen-bond acceptors (Lipinski definition) is 2. The molecule has 46 heavy (non-hydrogen) atoms. The highest BCUT2D eigenvalue weighted by Crippen LogP contribution is 2.43. The van der Waals surface area contributed by atoms with Crippen LogP contribution in [0.1, 0.15) is 0 Å². The minimum Gasteiger partial charge on any atom is -0.310 e. The molecule has 0 radical (unpaired) electrons. The first kappa shape index (κ1) is 26.7. The van der Waals surface area contributed by atoms with E-state index in [1.165, 1.54) is 64.0 Å². The minimum atomic E-state index is 1.12. The molecule has 0 amide bonds. The molecular weight excluding hydrogens is 575 g/mol. The predicted octanol–water partition coefficient (Wildman–Crippen LogP) is 13.2. The Labute approximate surface area is 272 Å². The molecule has 2 heteroatoms. The van der Waals surface area contributed by atoms with E-state index in [0.717, 1.165) is 17.1 Å². The highest BCUT2D eigenvalue weighted by atomic mass is 32.1. The maximum Gasteiger partial charge on any atom is 0.0468 e. The van der Waals surface area contributed by atoms with Crippen LogP contribution in [-0.2, 0) is 0 Å². The first-order valence-corrected chi connectivity index (χ1v) is 16.5. The first-order valence-electron chi connectivity index (χ1n) is 15.7. The van der Waals surface area contributed by atoms with Crippen molar-refractivity contribution in [2.45, 2.75) is 0 Å². The molecule has 0 aliphatic heterocycles. The first-order chi connectivity index (χ1) is 22.8. The van der Waals surface area contributed by atoms with Crippen LogP contribution >= 0.6 is 11.3 Å². The van der Waals surface area contributed by atoms with Crippen molar-refractivity contribution in [3.8, 4) is 22.3 Å². The van der Waals surface area contributed by atoms with Crippen LogP contribution in [-0.4, -0.2) is 0 Å². The van der Waals surface area contributed by atoms with E-state index in [2.05, 4.69) is 181 Å². The van der Waals surface area contributed by atoms with Crippen LogP contribution in [0.5, 0.6) is 0 Å². The summed E-state index contributed by atoms with van der Waals surface area (Å²) in [6, 6.07) is 64.0. The number of nitrogens with zero attached hydrogens (tertiary/aromatic N) is 1. The second-order valence-corrected chi connectivity index (χ2v) is 12.9. The molecule has 0 aliphatic rings. The van der Waals surface area contributed by atoms with Crippen LogP contribution in [0.2, 0.25) is 0 Å². The summed E-state index contributed by atoms with van der Waals surface area (Å²) in [4.78, 5) is 2.39. The molecule has 0 aliphatic carbocycles. The summed E-state index contributed by atoms with van der Waals surface area (Å²) < 4.78 is 2.65. The largest absolute Gasteiger partial charge is 0.310 e.